The van der Waals surface area contributed by atoms with Gasteiger partial charge in [0, 0.05) is 30.3 Å². The molecule has 1 fully saturated rings. The number of rotatable bonds is 6. The fourth-order valence-electron chi connectivity index (χ4n) is 3.75. The highest BCUT2D eigenvalue weighted by Crippen LogP contribution is 2.36. The Hall–Kier alpha value is -3.62. The molecule has 31 heavy (non-hydrogen) atoms. The van der Waals surface area contributed by atoms with Crippen molar-refractivity contribution in [3.63, 3.8) is 0 Å². The SMILES string of the molecule is COc1ccc(-c2noc(-c3ccc(N4CCC(C)CC4)c([N+](=O)[O-])c3)n2)cc1OC. The lowest BCUT2D eigenvalue weighted by atomic mass is 9.98. The number of methoxy groups -OCH3 is 2. The molecular weight excluding hydrogens is 400 g/mol. The summed E-state index contributed by atoms with van der Waals surface area (Å²) in [7, 11) is 3.11. The van der Waals surface area contributed by atoms with Crippen LogP contribution >= 0.6 is 0 Å². The molecule has 0 atom stereocenters. The second kappa shape index (κ2) is 8.63. The van der Waals surface area contributed by atoms with Crippen molar-refractivity contribution in [3.8, 4) is 34.3 Å². The van der Waals surface area contributed by atoms with Crippen LogP contribution in [0.3, 0.4) is 0 Å². The molecular formula is C22H24N4O5. The third kappa shape index (κ3) is 4.16. The van der Waals surface area contributed by atoms with Crippen molar-refractivity contribution in [2.75, 3.05) is 32.2 Å². The molecule has 162 valence electrons. The summed E-state index contributed by atoms with van der Waals surface area (Å²) in [6, 6.07) is 10.3. The minimum Gasteiger partial charge on any atom is -0.493 e. The van der Waals surface area contributed by atoms with Crippen molar-refractivity contribution in [2.45, 2.75) is 19.8 Å². The van der Waals surface area contributed by atoms with E-state index in [9.17, 15) is 10.1 Å². The normalized spacial score (nSPS) is 14.5. The summed E-state index contributed by atoms with van der Waals surface area (Å²) < 4.78 is 16.0. The quantitative estimate of drug-likeness (QED) is 0.419. The Balaban J connectivity index is 1.64. The summed E-state index contributed by atoms with van der Waals surface area (Å²) in [6.07, 6.45) is 2.05. The minimum atomic E-state index is -0.359. The highest BCUT2D eigenvalue weighted by atomic mass is 16.6. The van der Waals surface area contributed by atoms with Crippen LogP contribution in [0.25, 0.3) is 22.8 Å². The molecule has 3 aromatic rings. The van der Waals surface area contributed by atoms with Gasteiger partial charge < -0.3 is 18.9 Å². The van der Waals surface area contributed by atoms with Crippen LogP contribution in [0.15, 0.2) is 40.9 Å². The topological polar surface area (TPSA) is 104 Å². The van der Waals surface area contributed by atoms with Gasteiger partial charge in [-0.15, -0.1) is 0 Å². The third-order valence-electron chi connectivity index (χ3n) is 5.61. The van der Waals surface area contributed by atoms with Crippen LogP contribution in [0, 0.1) is 16.0 Å². The number of ether oxygens (including phenoxy) is 2. The predicted octanol–water partition coefficient (Wildman–Crippen LogP) is 4.57. The number of anilines is 1. The molecule has 0 amide bonds. The van der Waals surface area contributed by atoms with Crippen LogP contribution in [0.2, 0.25) is 0 Å². The van der Waals surface area contributed by atoms with E-state index in [1.54, 1.807) is 44.6 Å². The van der Waals surface area contributed by atoms with E-state index in [4.69, 9.17) is 14.0 Å². The van der Waals surface area contributed by atoms with Gasteiger partial charge in [0.25, 0.3) is 11.6 Å². The zero-order valence-electron chi connectivity index (χ0n) is 17.7. The first kappa shape index (κ1) is 20.6. The number of nitro benzene ring substituents is 1. The molecule has 0 spiro atoms. The van der Waals surface area contributed by atoms with Crippen molar-refractivity contribution < 1.29 is 18.9 Å². The lowest BCUT2D eigenvalue weighted by Gasteiger charge is -2.31. The zero-order chi connectivity index (χ0) is 22.0. The molecule has 4 rings (SSSR count). The third-order valence-corrected chi connectivity index (χ3v) is 5.61. The van der Waals surface area contributed by atoms with E-state index < -0.39 is 0 Å². The molecule has 1 saturated heterocycles. The van der Waals surface area contributed by atoms with Gasteiger partial charge in [-0.25, -0.2) is 0 Å². The Morgan fingerprint density at radius 3 is 2.45 bits per heavy atom. The maximum atomic E-state index is 11.8. The molecule has 2 heterocycles. The molecule has 0 saturated carbocycles. The van der Waals surface area contributed by atoms with Crippen molar-refractivity contribution >= 4 is 11.4 Å². The smallest absolute Gasteiger partial charge is 0.293 e. The van der Waals surface area contributed by atoms with E-state index in [0.29, 0.717) is 40.1 Å². The van der Waals surface area contributed by atoms with Crippen molar-refractivity contribution in [2.24, 2.45) is 5.92 Å². The molecule has 0 radical (unpaired) electrons. The number of nitrogens with zero attached hydrogens (tertiary/aromatic N) is 4. The van der Waals surface area contributed by atoms with Crippen LogP contribution in [-0.4, -0.2) is 42.4 Å². The number of benzene rings is 2. The zero-order valence-corrected chi connectivity index (χ0v) is 17.7. The number of piperidine rings is 1. The van der Waals surface area contributed by atoms with Gasteiger partial charge in [0.1, 0.15) is 5.69 Å². The fourth-order valence-corrected chi connectivity index (χ4v) is 3.75. The average molecular weight is 424 g/mol. The van der Waals surface area contributed by atoms with Crippen molar-refractivity contribution in [1.82, 2.24) is 10.1 Å². The van der Waals surface area contributed by atoms with Gasteiger partial charge in [0.2, 0.25) is 5.82 Å². The van der Waals surface area contributed by atoms with Gasteiger partial charge in [-0.05, 0) is 49.1 Å². The van der Waals surface area contributed by atoms with Gasteiger partial charge in [-0.1, -0.05) is 12.1 Å². The average Bonchev–Trinajstić information content (AvgIpc) is 3.29. The summed E-state index contributed by atoms with van der Waals surface area (Å²) in [5, 5.41) is 15.8. The predicted molar refractivity (Wildman–Crippen MR) is 116 cm³/mol. The van der Waals surface area contributed by atoms with Gasteiger partial charge in [0.15, 0.2) is 11.5 Å². The summed E-state index contributed by atoms with van der Waals surface area (Å²) in [4.78, 5) is 17.9. The summed E-state index contributed by atoms with van der Waals surface area (Å²) in [5.74, 6) is 2.35. The fraction of sp³-hybridized carbons (Fsp3) is 0.364. The van der Waals surface area contributed by atoms with E-state index in [1.165, 1.54) is 6.07 Å². The molecule has 1 aromatic heterocycles. The van der Waals surface area contributed by atoms with E-state index in [-0.39, 0.29) is 16.5 Å². The first-order valence-corrected chi connectivity index (χ1v) is 10.1. The van der Waals surface area contributed by atoms with Gasteiger partial charge in [0.05, 0.1) is 19.1 Å². The first-order valence-electron chi connectivity index (χ1n) is 10.1. The second-order valence-corrected chi connectivity index (χ2v) is 7.62. The molecule has 1 aliphatic heterocycles. The molecule has 1 aliphatic rings. The van der Waals surface area contributed by atoms with Gasteiger partial charge in [-0.3, -0.25) is 10.1 Å². The van der Waals surface area contributed by atoms with Crippen molar-refractivity contribution in [1.29, 1.82) is 0 Å². The highest BCUT2D eigenvalue weighted by molar-refractivity contribution is 5.72. The molecule has 9 nitrogen and oxygen atoms in total. The largest absolute Gasteiger partial charge is 0.493 e. The number of aromatic nitrogens is 2. The van der Waals surface area contributed by atoms with Crippen LogP contribution in [0.5, 0.6) is 11.5 Å². The van der Waals surface area contributed by atoms with Crippen LogP contribution in [0.4, 0.5) is 11.4 Å². The maximum absolute atomic E-state index is 11.8. The second-order valence-electron chi connectivity index (χ2n) is 7.62. The van der Waals surface area contributed by atoms with Gasteiger partial charge >= 0.3 is 0 Å². The first-order chi connectivity index (χ1) is 15.0. The molecule has 0 bridgehead atoms. The maximum Gasteiger partial charge on any atom is 0.293 e. The Morgan fingerprint density at radius 2 is 1.77 bits per heavy atom. The Labute approximate surface area is 179 Å². The molecule has 9 heteroatoms. The highest BCUT2D eigenvalue weighted by Gasteiger charge is 2.25. The monoisotopic (exact) mass is 424 g/mol. The van der Waals surface area contributed by atoms with Gasteiger partial charge in [-0.2, -0.15) is 4.98 Å². The van der Waals surface area contributed by atoms with E-state index >= 15 is 0 Å². The molecule has 2 aromatic carbocycles. The standard InChI is InChI=1S/C22H24N4O5/c1-14-8-10-25(11-9-14)17-6-4-16(12-18(17)26(27)28)22-23-21(24-31-22)15-5-7-19(29-2)20(13-15)30-3/h4-7,12-14H,8-11H2,1-3H3. The summed E-state index contributed by atoms with van der Waals surface area (Å²) >= 11 is 0. The summed E-state index contributed by atoms with van der Waals surface area (Å²) in [6.45, 7) is 3.83. The van der Waals surface area contributed by atoms with Crippen LogP contribution in [0.1, 0.15) is 19.8 Å². The molecule has 0 unspecified atom stereocenters. The van der Waals surface area contributed by atoms with Crippen LogP contribution < -0.4 is 14.4 Å². The van der Waals surface area contributed by atoms with Crippen LogP contribution in [-0.2, 0) is 0 Å². The number of hydrogen-bond acceptors (Lipinski definition) is 8. The minimum absolute atomic E-state index is 0.0397. The molecule has 0 N–H and O–H groups in total. The lowest BCUT2D eigenvalue weighted by Crippen LogP contribution is -2.33. The van der Waals surface area contributed by atoms with E-state index in [0.717, 1.165) is 25.9 Å². The number of hydrogen-bond donors (Lipinski definition) is 0. The Bertz CT molecular complexity index is 1090. The lowest BCUT2D eigenvalue weighted by molar-refractivity contribution is -0.384. The molecule has 0 aliphatic carbocycles. The Kier molecular flexibility index (Phi) is 5.75. The van der Waals surface area contributed by atoms with E-state index in [2.05, 4.69) is 22.0 Å². The van der Waals surface area contributed by atoms with E-state index in [1.807, 2.05) is 0 Å². The Morgan fingerprint density at radius 1 is 1.06 bits per heavy atom. The van der Waals surface area contributed by atoms with Crippen molar-refractivity contribution in [3.05, 3.63) is 46.5 Å². The number of nitro groups is 1. The summed E-state index contributed by atoms with van der Waals surface area (Å²) in [5.41, 5.74) is 1.85.